The smallest absolute Gasteiger partial charge is 0.0250 e. The van der Waals surface area contributed by atoms with Gasteiger partial charge in [0.05, 0.1) is 0 Å². The first-order chi connectivity index (χ1) is 4.72. The maximum absolute atomic E-state index is 10.6. The molecule has 10 heavy (non-hydrogen) atoms. The van der Waals surface area contributed by atoms with E-state index in [-0.39, 0.29) is 0 Å². The number of rotatable bonds is 1. The first-order valence-electron chi connectivity index (χ1n) is 2.45. The van der Waals surface area contributed by atoms with Gasteiger partial charge >= 0.3 is 0 Å². The van der Waals surface area contributed by atoms with E-state index >= 15 is 0 Å². The van der Waals surface area contributed by atoms with Crippen molar-refractivity contribution in [3.05, 3.63) is 21.9 Å². The molecule has 1 heterocycles. The summed E-state index contributed by atoms with van der Waals surface area (Å²) in [4.78, 5) is 3.78. The van der Waals surface area contributed by atoms with Gasteiger partial charge in [-0.1, -0.05) is 0 Å². The second-order valence-corrected chi connectivity index (χ2v) is 3.65. The zero-order chi connectivity index (χ0) is 7.56. The molecule has 0 aliphatic rings. The highest BCUT2D eigenvalue weighted by Gasteiger charge is 1.88. The van der Waals surface area contributed by atoms with Crippen molar-refractivity contribution in [1.29, 1.82) is 4.78 Å². The number of hydrogen-bond acceptors (Lipinski definition) is 4. The minimum Gasteiger partial charge on any atom is -0.439 e. The molecule has 1 rings (SSSR count). The SMILES string of the molecule is N=[S-](=O)c1ncccc1I. The average Bonchev–Trinajstić information content (AvgIpc) is 1.88. The van der Waals surface area contributed by atoms with Crippen LogP contribution in [0, 0.1) is 8.35 Å². The van der Waals surface area contributed by atoms with Crippen molar-refractivity contribution in [2.75, 3.05) is 0 Å². The first-order valence-corrected chi connectivity index (χ1v) is 4.68. The van der Waals surface area contributed by atoms with Crippen LogP contribution in [0.1, 0.15) is 0 Å². The minimum absolute atomic E-state index is 0.336. The summed E-state index contributed by atoms with van der Waals surface area (Å²) < 4.78 is 18.2. The van der Waals surface area contributed by atoms with Crippen LogP contribution >= 0.6 is 22.6 Å². The van der Waals surface area contributed by atoms with E-state index in [4.69, 9.17) is 4.78 Å². The summed E-state index contributed by atoms with van der Waals surface area (Å²) in [5, 5.41) is 0.336. The molecule has 1 aromatic rings. The summed E-state index contributed by atoms with van der Waals surface area (Å²) in [6, 6.07) is 3.52. The molecule has 0 aliphatic carbocycles. The molecular weight excluding hydrogens is 263 g/mol. The summed E-state index contributed by atoms with van der Waals surface area (Å²) in [6.45, 7) is 0. The first kappa shape index (κ1) is 7.93. The average molecular weight is 267 g/mol. The van der Waals surface area contributed by atoms with Crippen LogP contribution in [0.4, 0.5) is 0 Å². The van der Waals surface area contributed by atoms with Gasteiger partial charge in [0.1, 0.15) is 0 Å². The molecule has 3 nitrogen and oxygen atoms in total. The molecule has 54 valence electrons. The number of aromatic nitrogens is 1. The maximum atomic E-state index is 10.6. The lowest BCUT2D eigenvalue weighted by atomic mass is 10.5. The van der Waals surface area contributed by atoms with Crippen LogP contribution in [0.25, 0.3) is 0 Å². The highest BCUT2D eigenvalue weighted by molar-refractivity contribution is 14.1. The van der Waals surface area contributed by atoms with Gasteiger partial charge in [-0.25, -0.2) is 0 Å². The maximum Gasteiger partial charge on any atom is 0.0250 e. The van der Waals surface area contributed by atoms with Crippen LogP contribution in [0.5, 0.6) is 0 Å². The molecule has 5 heteroatoms. The van der Waals surface area contributed by atoms with Crippen molar-refractivity contribution < 1.29 is 4.21 Å². The van der Waals surface area contributed by atoms with Gasteiger partial charge in [-0.2, -0.15) is 0 Å². The third-order valence-electron chi connectivity index (χ3n) is 0.900. The highest BCUT2D eigenvalue weighted by Crippen LogP contribution is 2.08. The third-order valence-corrected chi connectivity index (χ3v) is 2.81. The van der Waals surface area contributed by atoms with Crippen molar-refractivity contribution in [3.8, 4) is 0 Å². The van der Waals surface area contributed by atoms with Gasteiger partial charge in [-0.15, -0.1) is 10.6 Å². The summed E-state index contributed by atoms with van der Waals surface area (Å²) in [5.74, 6) is 0. The van der Waals surface area contributed by atoms with Crippen LogP contribution in [0.15, 0.2) is 23.4 Å². The summed E-state index contributed by atoms with van der Waals surface area (Å²) in [5.41, 5.74) is 0. The molecule has 0 saturated heterocycles. The minimum atomic E-state index is -1.71. The molecule has 0 radical (unpaired) electrons. The standard InChI is InChI=1S/C5H4IN2OS/c6-4-2-1-3-8-5(4)10(7)9/h1-3,7H/q-1. The van der Waals surface area contributed by atoms with Crippen LogP contribution in [-0.2, 0) is 14.8 Å². The van der Waals surface area contributed by atoms with E-state index in [1.165, 1.54) is 6.20 Å². The van der Waals surface area contributed by atoms with Gasteiger partial charge in [0, 0.05) is 14.8 Å². The van der Waals surface area contributed by atoms with Gasteiger partial charge < -0.3 is 8.99 Å². The fourth-order valence-corrected chi connectivity index (χ4v) is 1.86. The van der Waals surface area contributed by atoms with Gasteiger partial charge in [0.15, 0.2) is 0 Å². The van der Waals surface area contributed by atoms with Crippen LogP contribution in [0.3, 0.4) is 0 Å². The molecule has 0 bridgehead atoms. The van der Waals surface area contributed by atoms with Crippen LogP contribution in [-0.4, -0.2) is 4.98 Å². The molecule has 0 amide bonds. The van der Waals surface area contributed by atoms with Gasteiger partial charge in [-0.05, 0) is 34.7 Å². The lowest BCUT2D eigenvalue weighted by Crippen LogP contribution is -1.86. The number of pyridine rings is 1. The fraction of sp³-hybridized carbons (Fsp3) is 0. The number of nitrogens with zero attached hydrogens (tertiary/aromatic N) is 1. The molecule has 0 spiro atoms. The van der Waals surface area contributed by atoms with E-state index in [9.17, 15) is 4.21 Å². The Bertz CT molecular complexity index is 302. The van der Waals surface area contributed by atoms with E-state index in [1.54, 1.807) is 12.1 Å². The van der Waals surface area contributed by atoms with E-state index in [1.807, 2.05) is 22.6 Å². The van der Waals surface area contributed by atoms with Gasteiger partial charge in [0.25, 0.3) is 0 Å². The topological polar surface area (TPSA) is 53.8 Å². The van der Waals surface area contributed by atoms with Crippen molar-refractivity contribution >= 4 is 33.2 Å². The Balaban J connectivity index is 3.28. The molecule has 1 N–H and O–H groups in total. The molecule has 0 unspecified atom stereocenters. The lowest BCUT2D eigenvalue weighted by molar-refractivity contribution is 0.597. The largest absolute Gasteiger partial charge is 0.439 e. The predicted molar refractivity (Wildman–Crippen MR) is 46.0 cm³/mol. The van der Waals surface area contributed by atoms with Crippen LogP contribution in [0.2, 0.25) is 0 Å². The second kappa shape index (κ2) is 3.29. The van der Waals surface area contributed by atoms with Crippen LogP contribution < -0.4 is 0 Å². The number of nitrogens with one attached hydrogen (secondary N) is 1. The van der Waals surface area contributed by atoms with E-state index in [2.05, 4.69) is 4.98 Å². The molecule has 0 atom stereocenters. The normalized spacial score (nSPS) is 10.2. The van der Waals surface area contributed by atoms with Crippen molar-refractivity contribution in [1.82, 2.24) is 4.98 Å². The third kappa shape index (κ3) is 1.66. The van der Waals surface area contributed by atoms with Gasteiger partial charge in [0.2, 0.25) is 0 Å². The zero-order valence-corrected chi connectivity index (χ0v) is 7.85. The molecular formula is C5H4IN2OS-. The summed E-state index contributed by atoms with van der Waals surface area (Å²) >= 11 is 2.00. The Morgan fingerprint density at radius 3 is 2.80 bits per heavy atom. The Hall–Kier alpha value is -0.170. The molecule has 0 fully saturated rings. The number of halogens is 1. The molecule has 0 aromatic carbocycles. The van der Waals surface area contributed by atoms with Crippen molar-refractivity contribution in [2.24, 2.45) is 0 Å². The molecule has 0 saturated carbocycles. The second-order valence-electron chi connectivity index (χ2n) is 1.56. The fourth-order valence-electron chi connectivity index (χ4n) is 0.508. The Kier molecular flexibility index (Phi) is 2.61. The van der Waals surface area contributed by atoms with E-state index in [0.29, 0.717) is 5.03 Å². The van der Waals surface area contributed by atoms with E-state index < -0.39 is 10.6 Å². The molecule has 1 aromatic heterocycles. The van der Waals surface area contributed by atoms with Gasteiger partial charge in [-0.3, -0.25) is 4.98 Å². The molecule has 0 aliphatic heterocycles. The Morgan fingerprint density at radius 1 is 1.70 bits per heavy atom. The lowest BCUT2D eigenvalue weighted by Gasteiger charge is -2.01. The Morgan fingerprint density at radius 2 is 2.40 bits per heavy atom. The quantitative estimate of drug-likeness (QED) is 0.622. The van der Waals surface area contributed by atoms with E-state index in [0.717, 1.165) is 3.57 Å². The zero-order valence-electron chi connectivity index (χ0n) is 4.87. The predicted octanol–water partition coefficient (Wildman–Crippen LogP) is 1.77. The Labute approximate surface area is 74.0 Å². The van der Waals surface area contributed by atoms with Crippen molar-refractivity contribution in [3.63, 3.8) is 0 Å². The van der Waals surface area contributed by atoms with Crippen molar-refractivity contribution in [2.45, 2.75) is 5.03 Å². The monoisotopic (exact) mass is 267 g/mol. The summed E-state index contributed by atoms with van der Waals surface area (Å²) in [6.07, 6.45) is 1.53. The highest BCUT2D eigenvalue weighted by atomic mass is 127. The number of hydrogen-bond donors (Lipinski definition) is 1. The summed E-state index contributed by atoms with van der Waals surface area (Å²) in [7, 11) is -1.71.